The predicted molar refractivity (Wildman–Crippen MR) is 107 cm³/mol. The van der Waals surface area contributed by atoms with Gasteiger partial charge in [-0.3, -0.25) is 0 Å². The largest absolute Gasteiger partial charge is 0.489 e. The van der Waals surface area contributed by atoms with Crippen molar-refractivity contribution in [3.63, 3.8) is 0 Å². The Kier molecular flexibility index (Phi) is 5.15. The van der Waals surface area contributed by atoms with Crippen molar-refractivity contribution in [2.24, 2.45) is 0 Å². The lowest BCUT2D eigenvalue weighted by Gasteiger charge is -2.19. The summed E-state index contributed by atoms with van der Waals surface area (Å²) in [7, 11) is 0. The maximum Gasteiger partial charge on any atom is 0.163 e. The molecule has 1 heterocycles. The summed E-state index contributed by atoms with van der Waals surface area (Å²) in [5.41, 5.74) is 4.58. The van der Waals surface area contributed by atoms with Crippen LogP contribution in [-0.2, 0) is 13.2 Å². The third-order valence-corrected chi connectivity index (χ3v) is 4.43. The van der Waals surface area contributed by atoms with Crippen LogP contribution in [-0.4, -0.2) is 13.2 Å². The van der Waals surface area contributed by atoms with E-state index in [2.05, 4.69) is 48.6 Å². The van der Waals surface area contributed by atoms with Crippen LogP contribution in [0.1, 0.15) is 16.7 Å². The van der Waals surface area contributed by atoms with Crippen molar-refractivity contribution in [1.82, 2.24) is 0 Å². The molecule has 3 aromatic rings. The van der Waals surface area contributed by atoms with E-state index in [-0.39, 0.29) is 0 Å². The van der Waals surface area contributed by atoms with Gasteiger partial charge in [0.15, 0.2) is 11.5 Å². The maximum atomic E-state index is 5.95. The summed E-state index contributed by atoms with van der Waals surface area (Å²) >= 11 is 0. The topological polar surface area (TPSA) is 39.7 Å². The third kappa shape index (κ3) is 4.53. The van der Waals surface area contributed by atoms with Crippen LogP contribution in [0.4, 0.5) is 5.69 Å². The van der Waals surface area contributed by atoms with Crippen LogP contribution in [0.25, 0.3) is 0 Å². The maximum absolute atomic E-state index is 5.95. The van der Waals surface area contributed by atoms with Gasteiger partial charge in [0.1, 0.15) is 25.6 Å². The van der Waals surface area contributed by atoms with E-state index in [0.29, 0.717) is 26.4 Å². The second kappa shape index (κ2) is 8.04. The molecule has 0 atom stereocenters. The van der Waals surface area contributed by atoms with Crippen molar-refractivity contribution in [2.75, 3.05) is 18.5 Å². The number of hydrogen-bond acceptors (Lipinski definition) is 4. The Hall–Kier alpha value is -3.14. The summed E-state index contributed by atoms with van der Waals surface area (Å²) in [5, 5.41) is 3.43. The molecule has 4 rings (SSSR count). The number of aryl methyl sites for hydroxylation is 1. The van der Waals surface area contributed by atoms with Gasteiger partial charge in [0, 0.05) is 18.3 Å². The second-order valence-corrected chi connectivity index (χ2v) is 6.64. The summed E-state index contributed by atoms with van der Waals surface area (Å²) < 4.78 is 17.1. The summed E-state index contributed by atoms with van der Waals surface area (Å²) in [6.07, 6.45) is 0. The highest BCUT2D eigenvalue weighted by Crippen LogP contribution is 2.32. The van der Waals surface area contributed by atoms with Gasteiger partial charge in [0.2, 0.25) is 0 Å². The van der Waals surface area contributed by atoms with Crippen molar-refractivity contribution in [1.29, 1.82) is 0 Å². The van der Waals surface area contributed by atoms with Crippen LogP contribution in [0.2, 0.25) is 0 Å². The van der Waals surface area contributed by atoms with E-state index >= 15 is 0 Å². The van der Waals surface area contributed by atoms with Gasteiger partial charge in [0.05, 0.1) is 0 Å². The van der Waals surface area contributed by atoms with Crippen LogP contribution >= 0.6 is 0 Å². The second-order valence-electron chi connectivity index (χ2n) is 6.64. The highest BCUT2D eigenvalue weighted by atomic mass is 16.6. The summed E-state index contributed by atoms with van der Waals surface area (Å²) in [4.78, 5) is 0. The number of anilines is 1. The van der Waals surface area contributed by atoms with Crippen LogP contribution < -0.4 is 19.5 Å². The lowest BCUT2D eigenvalue weighted by atomic mass is 10.1. The van der Waals surface area contributed by atoms with Gasteiger partial charge in [-0.15, -0.1) is 0 Å². The molecule has 0 unspecified atom stereocenters. The van der Waals surface area contributed by atoms with Crippen LogP contribution in [0.5, 0.6) is 17.2 Å². The van der Waals surface area contributed by atoms with E-state index < -0.39 is 0 Å². The molecule has 138 valence electrons. The zero-order valence-electron chi connectivity index (χ0n) is 15.4. The lowest BCUT2D eigenvalue weighted by molar-refractivity contribution is 0.171. The third-order valence-electron chi connectivity index (χ3n) is 4.43. The summed E-state index contributed by atoms with van der Waals surface area (Å²) in [6, 6.07) is 22.5. The molecule has 1 N–H and O–H groups in total. The van der Waals surface area contributed by atoms with Crippen LogP contribution in [0.3, 0.4) is 0 Å². The van der Waals surface area contributed by atoms with Crippen molar-refractivity contribution in [2.45, 2.75) is 20.1 Å². The summed E-state index contributed by atoms with van der Waals surface area (Å²) in [6.45, 7) is 4.57. The molecule has 0 saturated carbocycles. The molecule has 1 aliphatic heterocycles. The normalized spacial score (nSPS) is 12.5. The molecule has 0 radical (unpaired) electrons. The van der Waals surface area contributed by atoms with E-state index in [1.165, 1.54) is 11.1 Å². The Balaban J connectivity index is 1.36. The van der Waals surface area contributed by atoms with Gasteiger partial charge in [-0.2, -0.15) is 0 Å². The fourth-order valence-corrected chi connectivity index (χ4v) is 3.07. The Morgan fingerprint density at radius 1 is 0.852 bits per heavy atom. The predicted octanol–water partition coefficient (Wildman–Crippen LogP) is 4.96. The molecular weight excluding hydrogens is 338 g/mol. The van der Waals surface area contributed by atoms with Gasteiger partial charge < -0.3 is 19.5 Å². The van der Waals surface area contributed by atoms with E-state index in [1.807, 2.05) is 30.3 Å². The lowest BCUT2D eigenvalue weighted by Crippen LogP contribution is -2.15. The first-order chi connectivity index (χ1) is 13.3. The highest BCUT2D eigenvalue weighted by molar-refractivity contribution is 5.55. The molecule has 0 spiro atoms. The standard InChI is InChI=1S/C23H23NO3/c1-17-4-2-6-19(12-17)16-27-21-7-3-5-18(13-21)15-24-20-8-9-22-23(14-20)26-11-10-25-22/h2-9,12-14,24H,10-11,15-16H2,1H3. The average molecular weight is 361 g/mol. The Labute approximate surface area is 159 Å². The van der Waals surface area contributed by atoms with E-state index in [0.717, 1.165) is 28.5 Å². The molecule has 0 aromatic heterocycles. The molecule has 0 amide bonds. The highest BCUT2D eigenvalue weighted by Gasteiger charge is 2.11. The quantitative estimate of drug-likeness (QED) is 0.674. The SMILES string of the molecule is Cc1cccc(COc2cccc(CNc3ccc4c(c3)OCCO4)c2)c1. The van der Waals surface area contributed by atoms with E-state index in [4.69, 9.17) is 14.2 Å². The minimum absolute atomic E-state index is 0.570. The van der Waals surface area contributed by atoms with Gasteiger partial charge in [-0.25, -0.2) is 0 Å². The monoisotopic (exact) mass is 361 g/mol. The molecule has 0 bridgehead atoms. The number of benzene rings is 3. The minimum Gasteiger partial charge on any atom is -0.489 e. The molecule has 27 heavy (non-hydrogen) atoms. The Morgan fingerprint density at radius 2 is 1.67 bits per heavy atom. The Morgan fingerprint density at radius 3 is 2.56 bits per heavy atom. The fourth-order valence-electron chi connectivity index (χ4n) is 3.07. The number of ether oxygens (including phenoxy) is 3. The van der Waals surface area contributed by atoms with Crippen molar-refractivity contribution in [3.8, 4) is 17.2 Å². The number of rotatable bonds is 6. The van der Waals surface area contributed by atoms with E-state index in [9.17, 15) is 0 Å². The molecule has 3 aromatic carbocycles. The zero-order chi connectivity index (χ0) is 18.5. The number of hydrogen-bond donors (Lipinski definition) is 1. The first kappa shape index (κ1) is 17.3. The molecule has 0 saturated heterocycles. The van der Waals surface area contributed by atoms with Crippen molar-refractivity contribution in [3.05, 3.63) is 83.4 Å². The fraction of sp³-hybridized carbons (Fsp3) is 0.217. The molecule has 4 heteroatoms. The van der Waals surface area contributed by atoms with Crippen LogP contribution in [0.15, 0.2) is 66.7 Å². The van der Waals surface area contributed by atoms with Gasteiger partial charge in [-0.05, 0) is 42.3 Å². The zero-order valence-corrected chi connectivity index (χ0v) is 15.4. The first-order valence-corrected chi connectivity index (χ1v) is 9.17. The molecular formula is C23H23NO3. The van der Waals surface area contributed by atoms with Crippen molar-refractivity contribution < 1.29 is 14.2 Å². The van der Waals surface area contributed by atoms with Gasteiger partial charge in [0.25, 0.3) is 0 Å². The smallest absolute Gasteiger partial charge is 0.163 e. The molecule has 0 fully saturated rings. The van der Waals surface area contributed by atoms with Crippen molar-refractivity contribution >= 4 is 5.69 Å². The Bertz CT molecular complexity index is 923. The first-order valence-electron chi connectivity index (χ1n) is 9.17. The molecule has 4 nitrogen and oxygen atoms in total. The summed E-state index contributed by atoms with van der Waals surface area (Å²) in [5.74, 6) is 2.47. The average Bonchev–Trinajstić information content (AvgIpc) is 2.71. The van der Waals surface area contributed by atoms with Gasteiger partial charge in [-0.1, -0.05) is 42.0 Å². The van der Waals surface area contributed by atoms with Gasteiger partial charge >= 0.3 is 0 Å². The minimum atomic E-state index is 0.570. The molecule has 1 aliphatic rings. The number of nitrogens with one attached hydrogen (secondary N) is 1. The van der Waals surface area contributed by atoms with E-state index in [1.54, 1.807) is 0 Å². The number of fused-ring (bicyclic) bond motifs is 1. The van der Waals surface area contributed by atoms with Crippen LogP contribution in [0, 0.1) is 6.92 Å². The molecule has 0 aliphatic carbocycles.